The predicted molar refractivity (Wildman–Crippen MR) is 122 cm³/mol. The largest absolute Gasteiger partial charge is 0.338 e. The second kappa shape index (κ2) is 10.1. The molecule has 0 aromatic heterocycles. The van der Waals surface area contributed by atoms with Gasteiger partial charge in [0.25, 0.3) is 5.91 Å². The number of benzene rings is 2. The van der Waals surface area contributed by atoms with Crippen LogP contribution >= 0.6 is 12.4 Å². The fourth-order valence-corrected chi connectivity index (χ4v) is 4.79. The standard InChI is InChI=1S/C25H29N3O.ClH/c26-19-22-8-10-23(11-9-22)24(29)28-18-14-25(20-28)12-16-27(17-13-25)15-4-7-21-5-2-1-3-6-21;/h1-3,5-6,8-11H,4,7,12-18,20H2;1H. The van der Waals surface area contributed by atoms with Crippen molar-refractivity contribution in [2.24, 2.45) is 5.41 Å². The quantitative estimate of drug-likeness (QED) is 0.709. The van der Waals surface area contributed by atoms with Crippen LogP contribution in [0.5, 0.6) is 0 Å². The van der Waals surface area contributed by atoms with Gasteiger partial charge in [0.15, 0.2) is 0 Å². The van der Waals surface area contributed by atoms with Gasteiger partial charge in [-0.25, -0.2) is 0 Å². The summed E-state index contributed by atoms with van der Waals surface area (Å²) in [6, 6.07) is 19.9. The van der Waals surface area contributed by atoms with Crippen LogP contribution in [0.4, 0.5) is 0 Å². The van der Waals surface area contributed by atoms with Gasteiger partial charge in [-0.1, -0.05) is 30.3 Å². The number of carbonyl (C=O) groups is 1. The molecule has 0 bridgehead atoms. The van der Waals surface area contributed by atoms with E-state index in [0.717, 1.165) is 39.0 Å². The summed E-state index contributed by atoms with van der Waals surface area (Å²) in [6.07, 6.45) is 5.85. The minimum absolute atomic E-state index is 0. The molecule has 2 saturated heterocycles. The van der Waals surface area contributed by atoms with Gasteiger partial charge in [0, 0.05) is 18.7 Å². The number of halogens is 1. The summed E-state index contributed by atoms with van der Waals surface area (Å²) in [5.74, 6) is 0.108. The summed E-state index contributed by atoms with van der Waals surface area (Å²) in [5, 5.41) is 8.93. The van der Waals surface area contributed by atoms with Crippen LogP contribution in [-0.2, 0) is 6.42 Å². The minimum atomic E-state index is 0. The van der Waals surface area contributed by atoms with Crippen molar-refractivity contribution in [3.63, 3.8) is 0 Å². The molecule has 0 unspecified atom stereocenters. The van der Waals surface area contributed by atoms with Gasteiger partial charge >= 0.3 is 0 Å². The van der Waals surface area contributed by atoms with E-state index in [9.17, 15) is 4.79 Å². The minimum Gasteiger partial charge on any atom is -0.338 e. The van der Waals surface area contributed by atoms with E-state index in [0.29, 0.717) is 16.5 Å². The van der Waals surface area contributed by atoms with Crippen LogP contribution in [-0.4, -0.2) is 48.4 Å². The lowest BCUT2D eigenvalue weighted by Gasteiger charge is -2.39. The highest BCUT2D eigenvalue weighted by molar-refractivity contribution is 5.94. The molecule has 0 radical (unpaired) electrons. The molecule has 2 aromatic carbocycles. The van der Waals surface area contributed by atoms with E-state index in [-0.39, 0.29) is 18.3 Å². The van der Waals surface area contributed by atoms with Crippen LogP contribution in [0.25, 0.3) is 0 Å². The van der Waals surface area contributed by atoms with E-state index in [4.69, 9.17) is 5.26 Å². The second-order valence-electron chi connectivity index (χ2n) is 8.60. The molecule has 1 spiro atoms. The molecular weight excluding hydrogens is 394 g/mol. The first-order valence-corrected chi connectivity index (χ1v) is 10.7. The van der Waals surface area contributed by atoms with E-state index in [1.165, 1.54) is 31.4 Å². The highest BCUT2D eigenvalue weighted by atomic mass is 35.5. The molecule has 2 aliphatic rings. The zero-order valence-corrected chi connectivity index (χ0v) is 18.2. The molecule has 4 rings (SSSR count). The number of rotatable bonds is 5. The normalized spacial score (nSPS) is 18.0. The number of nitrogens with zero attached hydrogens (tertiary/aromatic N) is 3. The van der Waals surface area contributed by atoms with Gasteiger partial charge < -0.3 is 9.80 Å². The summed E-state index contributed by atoms with van der Waals surface area (Å²) in [5.41, 5.74) is 3.02. The fraction of sp³-hybridized carbons (Fsp3) is 0.440. The van der Waals surface area contributed by atoms with Gasteiger partial charge in [-0.05, 0) is 87.0 Å². The summed E-state index contributed by atoms with van der Waals surface area (Å²) in [7, 11) is 0. The Balaban J connectivity index is 0.00000256. The summed E-state index contributed by atoms with van der Waals surface area (Å²) in [4.78, 5) is 17.5. The Morgan fingerprint density at radius 1 is 0.967 bits per heavy atom. The topological polar surface area (TPSA) is 47.3 Å². The zero-order chi connectivity index (χ0) is 20.1. The first-order valence-electron chi connectivity index (χ1n) is 10.7. The van der Waals surface area contributed by atoms with Crippen molar-refractivity contribution in [1.29, 1.82) is 5.26 Å². The highest BCUT2D eigenvalue weighted by Crippen LogP contribution is 2.40. The van der Waals surface area contributed by atoms with Crippen molar-refractivity contribution < 1.29 is 4.79 Å². The Hall–Kier alpha value is -2.35. The van der Waals surface area contributed by atoms with Crippen molar-refractivity contribution >= 4 is 18.3 Å². The fourth-order valence-electron chi connectivity index (χ4n) is 4.79. The van der Waals surface area contributed by atoms with Crippen LogP contribution in [0.3, 0.4) is 0 Å². The number of aryl methyl sites for hydroxylation is 1. The smallest absolute Gasteiger partial charge is 0.253 e. The van der Waals surface area contributed by atoms with Crippen molar-refractivity contribution in [2.75, 3.05) is 32.7 Å². The number of amides is 1. The van der Waals surface area contributed by atoms with Crippen molar-refractivity contribution in [3.8, 4) is 6.07 Å². The first-order chi connectivity index (χ1) is 14.2. The molecule has 0 aliphatic carbocycles. The maximum absolute atomic E-state index is 12.8. The van der Waals surface area contributed by atoms with E-state index >= 15 is 0 Å². The third kappa shape index (κ3) is 5.22. The number of hydrogen-bond acceptors (Lipinski definition) is 3. The molecular formula is C25H30ClN3O. The average Bonchev–Trinajstić information content (AvgIpc) is 3.19. The predicted octanol–water partition coefficient (Wildman–Crippen LogP) is 4.54. The molecule has 5 heteroatoms. The number of likely N-dealkylation sites (tertiary alicyclic amines) is 2. The number of nitriles is 1. The van der Waals surface area contributed by atoms with Gasteiger partial charge in [0.2, 0.25) is 0 Å². The van der Waals surface area contributed by atoms with E-state index in [2.05, 4.69) is 41.3 Å². The summed E-state index contributed by atoms with van der Waals surface area (Å²) < 4.78 is 0. The zero-order valence-electron chi connectivity index (χ0n) is 17.4. The lowest BCUT2D eigenvalue weighted by Crippen LogP contribution is -2.42. The number of piperidine rings is 1. The maximum atomic E-state index is 12.8. The molecule has 158 valence electrons. The third-order valence-corrected chi connectivity index (χ3v) is 6.69. The van der Waals surface area contributed by atoms with E-state index in [1.54, 1.807) is 24.3 Å². The maximum Gasteiger partial charge on any atom is 0.253 e. The van der Waals surface area contributed by atoms with Crippen molar-refractivity contribution in [3.05, 3.63) is 71.3 Å². The van der Waals surface area contributed by atoms with Gasteiger partial charge in [0.1, 0.15) is 0 Å². The Bertz CT molecular complexity index is 868. The molecule has 1 amide bonds. The molecule has 2 fully saturated rings. The van der Waals surface area contributed by atoms with Crippen molar-refractivity contribution in [1.82, 2.24) is 9.80 Å². The van der Waals surface area contributed by atoms with Crippen LogP contribution in [0.2, 0.25) is 0 Å². The number of hydrogen-bond donors (Lipinski definition) is 0. The van der Waals surface area contributed by atoms with Crippen molar-refractivity contribution in [2.45, 2.75) is 32.1 Å². The Morgan fingerprint density at radius 3 is 2.30 bits per heavy atom. The SMILES string of the molecule is Cl.N#Cc1ccc(C(=O)N2CCC3(CCN(CCCc4ccccc4)CC3)C2)cc1. The van der Waals surface area contributed by atoms with Gasteiger partial charge in [-0.15, -0.1) is 12.4 Å². The molecule has 2 aromatic rings. The highest BCUT2D eigenvalue weighted by Gasteiger charge is 2.41. The van der Waals surface area contributed by atoms with E-state index in [1.807, 2.05) is 4.90 Å². The molecule has 2 aliphatic heterocycles. The van der Waals surface area contributed by atoms with Crippen LogP contribution in [0.15, 0.2) is 54.6 Å². The van der Waals surface area contributed by atoms with Crippen LogP contribution in [0.1, 0.15) is 47.2 Å². The molecule has 0 saturated carbocycles. The van der Waals surface area contributed by atoms with Crippen LogP contribution in [0, 0.1) is 16.7 Å². The molecule has 0 N–H and O–H groups in total. The first kappa shape index (κ1) is 22.3. The lowest BCUT2D eigenvalue weighted by molar-refractivity contribution is 0.0719. The van der Waals surface area contributed by atoms with Crippen LogP contribution < -0.4 is 0 Å². The number of carbonyl (C=O) groups excluding carboxylic acids is 1. The molecule has 0 atom stereocenters. The lowest BCUT2D eigenvalue weighted by atomic mass is 9.77. The third-order valence-electron chi connectivity index (χ3n) is 6.69. The van der Waals surface area contributed by atoms with E-state index < -0.39 is 0 Å². The van der Waals surface area contributed by atoms with Gasteiger partial charge in [-0.3, -0.25) is 4.79 Å². The Kier molecular flexibility index (Phi) is 7.53. The average molecular weight is 424 g/mol. The van der Waals surface area contributed by atoms with Gasteiger partial charge in [0.05, 0.1) is 11.6 Å². The Labute approximate surface area is 185 Å². The summed E-state index contributed by atoms with van der Waals surface area (Å²) >= 11 is 0. The Morgan fingerprint density at radius 2 is 1.63 bits per heavy atom. The monoisotopic (exact) mass is 423 g/mol. The van der Waals surface area contributed by atoms with Gasteiger partial charge in [-0.2, -0.15) is 5.26 Å². The molecule has 30 heavy (non-hydrogen) atoms. The summed E-state index contributed by atoms with van der Waals surface area (Å²) in [6.45, 7) is 5.19. The molecule has 2 heterocycles. The molecule has 4 nitrogen and oxygen atoms in total. The second-order valence-corrected chi connectivity index (χ2v) is 8.60.